The summed E-state index contributed by atoms with van der Waals surface area (Å²) in [5.41, 5.74) is 1.13. The molecule has 0 radical (unpaired) electrons. The van der Waals surface area contributed by atoms with Crippen molar-refractivity contribution in [2.75, 3.05) is 39.3 Å². The molecule has 0 aromatic heterocycles. The van der Waals surface area contributed by atoms with E-state index in [4.69, 9.17) is 0 Å². The van der Waals surface area contributed by atoms with Gasteiger partial charge in [0.25, 0.3) is 0 Å². The van der Waals surface area contributed by atoms with Crippen LogP contribution in [0.2, 0.25) is 0 Å². The lowest BCUT2D eigenvalue weighted by Crippen LogP contribution is -2.32. The summed E-state index contributed by atoms with van der Waals surface area (Å²) in [5.74, 6) is -0.0281. The van der Waals surface area contributed by atoms with Crippen LogP contribution < -0.4 is 0 Å². The number of likely N-dealkylation sites (N-methyl/N-ethyl adjacent to an activating group) is 1. The molecule has 0 spiro atoms. The van der Waals surface area contributed by atoms with Gasteiger partial charge in [0.2, 0.25) is 0 Å². The van der Waals surface area contributed by atoms with Crippen LogP contribution >= 0.6 is 0 Å². The number of nitriles is 1. The average Bonchev–Trinajstić information content (AvgIpc) is 2.55. The van der Waals surface area contributed by atoms with Gasteiger partial charge in [0.05, 0.1) is 12.0 Å². The second-order valence-corrected chi connectivity index (χ2v) is 5.37. The minimum absolute atomic E-state index is 0.0281. The Morgan fingerprint density at radius 2 is 1.52 bits per heavy atom. The highest BCUT2D eigenvalue weighted by atomic mass is 15.1. The third-order valence-electron chi connectivity index (χ3n) is 4.09. The van der Waals surface area contributed by atoms with Crippen LogP contribution in [-0.2, 0) is 0 Å². The molecule has 3 nitrogen and oxygen atoms in total. The molecule has 0 N–H and O–H groups in total. The smallest absolute Gasteiger partial charge is 0.0839 e. The maximum absolute atomic E-state index is 9.43. The Labute approximate surface area is 130 Å². The summed E-state index contributed by atoms with van der Waals surface area (Å²) < 4.78 is 0. The van der Waals surface area contributed by atoms with Gasteiger partial charge in [-0.05, 0) is 44.7 Å². The summed E-state index contributed by atoms with van der Waals surface area (Å²) in [6, 6.07) is 12.6. The first-order chi connectivity index (χ1) is 10.2. The molecule has 1 rings (SSSR count). The lowest BCUT2D eigenvalue weighted by atomic mass is 10.00. The van der Waals surface area contributed by atoms with E-state index in [0.717, 1.165) is 44.8 Å². The number of rotatable bonds is 10. The van der Waals surface area contributed by atoms with Crippen molar-refractivity contribution in [1.29, 1.82) is 5.26 Å². The van der Waals surface area contributed by atoms with Gasteiger partial charge in [-0.2, -0.15) is 5.26 Å². The van der Waals surface area contributed by atoms with Crippen LogP contribution in [0.3, 0.4) is 0 Å². The number of hydrogen-bond acceptors (Lipinski definition) is 3. The summed E-state index contributed by atoms with van der Waals surface area (Å²) in [6.07, 6.45) is 1.17. The van der Waals surface area contributed by atoms with Crippen molar-refractivity contribution in [3.05, 3.63) is 35.9 Å². The number of nitrogens with zero attached hydrogens (tertiary/aromatic N) is 3. The number of benzene rings is 1. The lowest BCUT2D eigenvalue weighted by Gasteiger charge is -2.25. The van der Waals surface area contributed by atoms with E-state index in [0.29, 0.717) is 0 Å². The lowest BCUT2D eigenvalue weighted by molar-refractivity contribution is 0.241. The van der Waals surface area contributed by atoms with Gasteiger partial charge in [0.1, 0.15) is 0 Å². The van der Waals surface area contributed by atoms with Gasteiger partial charge in [0, 0.05) is 6.54 Å². The van der Waals surface area contributed by atoms with Gasteiger partial charge in [-0.15, -0.1) is 0 Å². The van der Waals surface area contributed by atoms with E-state index in [1.165, 1.54) is 6.42 Å². The highest BCUT2D eigenvalue weighted by Gasteiger charge is 2.14. The molecule has 0 saturated heterocycles. The Hall–Kier alpha value is -1.37. The van der Waals surface area contributed by atoms with Gasteiger partial charge in [-0.3, -0.25) is 0 Å². The van der Waals surface area contributed by atoms with E-state index in [2.05, 4.69) is 48.8 Å². The monoisotopic (exact) mass is 287 g/mol. The van der Waals surface area contributed by atoms with Gasteiger partial charge < -0.3 is 9.80 Å². The van der Waals surface area contributed by atoms with Gasteiger partial charge in [-0.25, -0.2) is 0 Å². The molecule has 0 aliphatic rings. The maximum Gasteiger partial charge on any atom is 0.0839 e. The van der Waals surface area contributed by atoms with Gasteiger partial charge >= 0.3 is 0 Å². The first kappa shape index (κ1) is 17.7. The van der Waals surface area contributed by atoms with Gasteiger partial charge in [-0.1, -0.05) is 51.1 Å². The van der Waals surface area contributed by atoms with Crippen molar-refractivity contribution in [1.82, 2.24) is 9.80 Å². The van der Waals surface area contributed by atoms with Crippen LogP contribution in [0.1, 0.15) is 38.7 Å². The summed E-state index contributed by atoms with van der Waals surface area (Å²) in [5, 5.41) is 9.43. The minimum Gasteiger partial charge on any atom is -0.304 e. The molecular formula is C18H29N3. The van der Waals surface area contributed by atoms with E-state index >= 15 is 0 Å². The normalized spacial score (nSPS) is 12.6. The van der Waals surface area contributed by atoms with Crippen LogP contribution in [0.5, 0.6) is 0 Å². The minimum atomic E-state index is -0.0281. The molecule has 0 aliphatic heterocycles. The molecule has 0 fully saturated rings. The molecule has 1 unspecified atom stereocenters. The predicted molar refractivity (Wildman–Crippen MR) is 89.3 cm³/mol. The second kappa shape index (κ2) is 10.4. The van der Waals surface area contributed by atoms with Crippen molar-refractivity contribution in [3.63, 3.8) is 0 Å². The summed E-state index contributed by atoms with van der Waals surface area (Å²) in [6.45, 7) is 12.9. The number of hydrogen-bond donors (Lipinski definition) is 0. The van der Waals surface area contributed by atoms with E-state index in [1.54, 1.807) is 0 Å². The molecule has 0 aliphatic carbocycles. The third-order valence-corrected chi connectivity index (χ3v) is 4.09. The Morgan fingerprint density at radius 1 is 0.952 bits per heavy atom. The van der Waals surface area contributed by atoms with Crippen molar-refractivity contribution in [2.45, 2.75) is 33.1 Å². The molecule has 0 heterocycles. The first-order valence-electron chi connectivity index (χ1n) is 8.14. The quantitative estimate of drug-likeness (QED) is 0.661. The third kappa shape index (κ3) is 6.29. The molecule has 3 heteroatoms. The highest BCUT2D eigenvalue weighted by molar-refractivity contribution is 5.25. The Bertz CT molecular complexity index is 406. The van der Waals surface area contributed by atoms with E-state index < -0.39 is 0 Å². The van der Waals surface area contributed by atoms with Crippen molar-refractivity contribution in [3.8, 4) is 6.07 Å². The van der Waals surface area contributed by atoms with E-state index in [-0.39, 0.29) is 5.92 Å². The molecule has 21 heavy (non-hydrogen) atoms. The predicted octanol–water partition coefficient (Wildman–Crippen LogP) is 3.35. The van der Waals surface area contributed by atoms with E-state index in [9.17, 15) is 5.26 Å². The molecule has 1 aromatic rings. The van der Waals surface area contributed by atoms with Crippen molar-refractivity contribution in [2.24, 2.45) is 0 Å². The van der Waals surface area contributed by atoms with Crippen LogP contribution in [0.15, 0.2) is 30.3 Å². The van der Waals surface area contributed by atoms with Crippen LogP contribution in [0.4, 0.5) is 0 Å². The van der Waals surface area contributed by atoms with E-state index in [1.807, 2.05) is 18.2 Å². The Balaban J connectivity index is 2.47. The zero-order valence-corrected chi connectivity index (χ0v) is 13.8. The van der Waals surface area contributed by atoms with Crippen LogP contribution in [-0.4, -0.2) is 49.1 Å². The van der Waals surface area contributed by atoms with Crippen molar-refractivity contribution >= 4 is 0 Å². The van der Waals surface area contributed by atoms with Gasteiger partial charge in [0.15, 0.2) is 0 Å². The molecule has 0 bridgehead atoms. The summed E-state index contributed by atoms with van der Waals surface area (Å²) in [4.78, 5) is 4.84. The fraction of sp³-hybridized carbons (Fsp3) is 0.611. The summed E-state index contributed by atoms with van der Waals surface area (Å²) in [7, 11) is 0. The fourth-order valence-electron chi connectivity index (χ4n) is 2.60. The maximum atomic E-state index is 9.43. The second-order valence-electron chi connectivity index (χ2n) is 5.37. The molecule has 116 valence electrons. The first-order valence-corrected chi connectivity index (χ1v) is 8.14. The zero-order valence-electron chi connectivity index (χ0n) is 13.8. The molecule has 1 atom stereocenters. The molecular weight excluding hydrogens is 258 g/mol. The summed E-state index contributed by atoms with van der Waals surface area (Å²) >= 11 is 0. The molecule has 0 amide bonds. The average molecular weight is 287 g/mol. The standard InChI is InChI=1S/C18H29N3/c1-4-20(5-2)13-10-14-21(6-3)16-18(15-19)17-11-8-7-9-12-17/h7-9,11-12,18H,4-6,10,13-14,16H2,1-3H3. The highest BCUT2D eigenvalue weighted by Crippen LogP contribution is 2.16. The SMILES string of the molecule is CCN(CC)CCCN(CC)CC(C#N)c1ccccc1. The topological polar surface area (TPSA) is 30.3 Å². The van der Waals surface area contributed by atoms with Crippen LogP contribution in [0, 0.1) is 11.3 Å². The largest absolute Gasteiger partial charge is 0.304 e. The molecule has 0 saturated carbocycles. The zero-order chi connectivity index (χ0) is 15.5. The Morgan fingerprint density at radius 3 is 2.05 bits per heavy atom. The van der Waals surface area contributed by atoms with Crippen LogP contribution in [0.25, 0.3) is 0 Å². The Kier molecular flexibility index (Phi) is 8.73. The van der Waals surface area contributed by atoms with Crippen molar-refractivity contribution < 1.29 is 0 Å². The fourth-order valence-corrected chi connectivity index (χ4v) is 2.60. The molecule has 1 aromatic carbocycles.